The lowest BCUT2D eigenvalue weighted by atomic mass is 9.98. The van der Waals surface area contributed by atoms with E-state index >= 15 is 0 Å². The van der Waals surface area contributed by atoms with E-state index in [0.29, 0.717) is 18.0 Å². The second kappa shape index (κ2) is 8.98. The maximum absolute atomic E-state index is 13.5. The molecule has 0 saturated heterocycles. The maximum Gasteiger partial charge on any atom is 0.272 e. The number of nitrogens with zero attached hydrogens (tertiary/aromatic N) is 2. The van der Waals surface area contributed by atoms with Crippen LogP contribution in [0.2, 0.25) is 0 Å². The van der Waals surface area contributed by atoms with Crippen molar-refractivity contribution >= 4 is 34.1 Å². The number of H-pyrrole nitrogens is 1. The summed E-state index contributed by atoms with van der Waals surface area (Å²) in [7, 11) is 0. The van der Waals surface area contributed by atoms with Gasteiger partial charge in [0.05, 0.1) is 11.4 Å². The summed E-state index contributed by atoms with van der Waals surface area (Å²) in [5.41, 5.74) is 5.84. The van der Waals surface area contributed by atoms with Crippen LogP contribution in [0.3, 0.4) is 0 Å². The lowest BCUT2D eigenvalue weighted by Gasteiger charge is -2.20. The van der Waals surface area contributed by atoms with Crippen LogP contribution in [0.5, 0.6) is 0 Å². The molecule has 4 aromatic rings. The van der Waals surface area contributed by atoms with Gasteiger partial charge in [-0.1, -0.05) is 80.6 Å². The van der Waals surface area contributed by atoms with E-state index in [-0.39, 0.29) is 14.7 Å². The van der Waals surface area contributed by atoms with E-state index in [9.17, 15) is 9.59 Å². The van der Waals surface area contributed by atoms with E-state index in [1.165, 1.54) is 0 Å². The SMILES string of the molecule is CC.O=C(N[C@@H]1N=C(c2ccccc2)c2cccc3c2N(CC3)C1=O)c1cc2ccccc2[nH]1.[HH].[HH]. The zero-order valence-corrected chi connectivity index (χ0v) is 19.2. The molecule has 0 saturated carbocycles. The van der Waals surface area contributed by atoms with Gasteiger partial charge in [0.25, 0.3) is 11.8 Å². The number of anilines is 1. The van der Waals surface area contributed by atoms with Crippen LogP contribution in [0.25, 0.3) is 10.9 Å². The Morgan fingerprint density at radius 2 is 1.79 bits per heavy atom. The van der Waals surface area contributed by atoms with E-state index in [1.807, 2.05) is 80.6 Å². The lowest BCUT2D eigenvalue weighted by Crippen LogP contribution is -2.47. The van der Waals surface area contributed by atoms with Crippen LogP contribution in [0, 0.1) is 0 Å². The first-order valence-corrected chi connectivity index (χ1v) is 11.6. The van der Waals surface area contributed by atoms with Crippen LogP contribution in [0.4, 0.5) is 5.69 Å². The summed E-state index contributed by atoms with van der Waals surface area (Å²) in [4.78, 5) is 36.2. The number of fused-ring (bicyclic) bond motifs is 1. The van der Waals surface area contributed by atoms with Crippen molar-refractivity contribution < 1.29 is 12.4 Å². The van der Waals surface area contributed by atoms with Crippen molar-refractivity contribution in [3.8, 4) is 0 Å². The van der Waals surface area contributed by atoms with Crippen LogP contribution in [0.15, 0.2) is 83.9 Å². The highest BCUT2D eigenvalue weighted by Crippen LogP contribution is 2.36. The molecular formula is C28H30N4O2. The Morgan fingerprint density at radius 3 is 2.59 bits per heavy atom. The van der Waals surface area contributed by atoms with Gasteiger partial charge in [0.15, 0.2) is 0 Å². The largest absolute Gasteiger partial charge is 0.351 e. The van der Waals surface area contributed by atoms with Crippen molar-refractivity contribution in [1.82, 2.24) is 10.3 Å². The molecule has 2 aliphatic rings. The molecule has 2 aliphatic heterocycles. The first-order valence-electron chi connectivity index (χ1n) is 11.6. The molecule has 2 N–H and O–H groups in total. The molecule has 34 heavy (non-hydrogen) atoms. The summed E-state index contributed by atoms with van der Waals surface area (Å²) in [6.45, 7) is 4.58. The third kappa shape index (κ3) is 3.67. The Labute approximate surface area is 201 Å². The van der Waals surface area contributed by atoms with Crippen molar-refractivity contribution in [3.63, 3.8) is 0 Å². The number of aromatic amines is 1. The molecule has 3 aromatic carbocycles. The number of aliphatic imine (C=N–C) groups is 1. The molecule has 0 unspecified atom stereocenters. The summed E-state index contributed by atoms with van der Waals surface area (Å²) < 4.78 is 0. The quantitative estimate of drug-likeness (QED) is 0.447. The number of aromatic nitrogens is 1. The average Bonchev–Trinajstić information content (AvgIpc) is 3.50. The second-order valence-corrected chi connectivity index (χ2v) is 8.04. The number of nitrogens with one attached hydrogen (secondary N) is 2. The Bertz CT molecular complexity index is 1380. The minimum Gasteiger partial charge on any atom is -0.351 e. The van der Waals surface area contributed by atoms with Gasteiger partial charge < -0.3 is 15.2 Å². The summed E-state index contributed by atoms with van der Waals surface area (Å²) in [6.07, 6.45) is -0.220. The third-order valence-electron chi connectivity index (χ3n) is 6.10. The van der Waals surface area contributed by atoms with Crippen molar-refractivity contribution in [2.45, 2.75) is 26.4 Å². The Kier molecular flexibility index (Phi) is 5.72. The molecule has 0 bridgehead atoms. The van der Waals surface area contributed by atoms with E-state index < -0.39 is 6.17 Å². The minimum absolute atomic E-state index is 0. The highest BCUT2D eigenvalue weighted by molar-refractivity contribution is 6.21. The molecule has 6 nitrogen and oxygen atoms in total. The van der Waals surface area contributed by atoms with Gasteiger partial charge in [-0.2, -0.15) is 0 Å². The molecule has 0 fully saturated rings. The predicted molar refractivity (Wildman–Crippen MR) is 140 cm³/mol. The highest BCUT2D eigenvalue weighted by atomic mass is 16.2. The van der Waals surface area contributed by atoms with Crippen LogP contribution in [-0.4, -0.2) is 35.2 Å². The zero-order valence-electron chi connectivity index (χ0n) is 19.2. The van der Waals surface area contributed by atoms with Crippen LogP contribution < -0.4 is 10.2 Å². The smallest absolute Gasteiger partial charge is 0.272 e. The van der Waals surface area contributed by atoms with Crippen LogP contribution >= 0.6 is 0 Å². The monoisotopic (exact) mass is 454 g/mol. The number of amides is 2. The van der Waals surface area contributed by atoms with Gasteiger partial charge in [-0.3, -0.25) is 9.59 Å². The lowest BCUT2D eigenvalue weighted by molar-refractivity contribution is -0.120. The first kappa shape index (κ1) is 21.6. The molecule has 3 heterocycles. The van der Waals surface area contributed by atoms with Crippen molar-refractivity contribution in [3.05, 3.63) is 101 Å². The summed E-state index contributed by atoms with van der Waals surface area (Å²) in [5.74, 6) is -0.576. The Hall–Kier alpha value is -4.19. The number of carbonyl (C=O) groups excluding carboxylic acids is 2. The Balaban J connectivity index is 0.000000882. The van der Waals surface area contributed by atoms with Crippen LogP contribution in [-0.2, 0) is 11.2 Å². The minimum atomic E-state index is -1.01. The zero-order chi connectivity index (χ0) is 23.7. The molecule has 1 aromatic heterocycles. The molecule has 0 radical (unpaired) electrons. The second-order valence-electron chi connectivity index (χ2n) is 8.04. The topological polar surface area (TPSA) is 77.6 Å². The average molecular weight is 455 g/mol. The number of hydrogen-bond acceptors (Lipinski definition) is 3. The Morgan fingerprint density at radius 1 is 1.03 bits per heavy atom. The van der Waals surface area contributed by atoms with Gasteiger partial charge in [0.1, 0.15) is 5.69 Å². The summed E-state index contributed by atoms with van der Waals surface area (Å²) in [6, 6.07) is 25.3. The van der Waals surface area contributed by atoms with E-state index in [2.05, 4.69) is 16.4 Å². The van der Waals surface area contributed by atoms with Gasteiger partial charge in [-0.25, -0.2) is 4.99 Å². The summed E-state index contributed by atoms with van der Waals surface area (Å²) in [5, 5.41) is 3.80. The van der Waals surface area contributed by atoms with Gasteiger partial charge >= 0.3 is 0 Å². The third-order valence-corrected chi connectivity index (χ3v) is 6.10. The van der Waals surface area contributed by atoms with Gasteiger partial charge in [-0.15, -0.1) is 0 Å². The van der Waals surface area contributed by atoms with Gasteiger partial charge in [0, 0.05) is 31.4 Å². The fourth-order valence-electron chi connectivity index (χ4n) is 4.59. The van der Waals surface area contributed by atoms with Crippen LogP contribution in [0.1, 0.15) is 43.9 Å². The van der Waals surface area contributed by atoms with Gasteiger partial charge in [-0.05, 0) is 24.1 Å². The molecular weight excluding hydrogens is 424 g/mol. The number of carbonyl (C=O) groups is 2. The molecule has 1 atom stereocenters. The fourth-order valence-corrected chi connectivity index (χ4v) is 4.59. The normalized spacial score (nSPS) is 16.3. The number of rotatable bonds is 3. The highest BCUT2D eigenvalue weighted by Gasteiger charge is 2.37. The predicted octanol–water partition coefficient (Wildman–Crippen LogP) is 5.18. The van der Waals surface area contributed by atoms with E-state index in [4.69, 9.17) is 4.99 Å². The fraction of sp³-hybridized carbons (Fsp3) is 0.179. The molecule has 6 rings (SSSR count). The van der Waals surface area contributed by atoms with Crippen molar-refractivity contribution in [1.29, 1.82) is 0 Å². The number of para-hydroxylation sites is 2. The van der Waals surface area contributed by atoms with E-state index in [0.717, 1.165) is 39.7 Å². The first-order chi connectivity index (χ1) is 16.7. The molecule has 2 amide bonds. The summed E-state index contributed by atoms with van der Waals surface area (Å²) >= 11 is 0. The van der Waals surface area contributed by atoms with Gasteiger partial charge in [0.2, 0.25) is 6.17 Å². The molecule has 0 aliphatic carbocycles. The standard InChI is InChI=1S/C26H20N4O2.C2H6.2H2/c31-25(21-15-18-9-4-5-12-20(18)27-21)29-24-26(32)30-14-13-17-10-6-11-19(23(17)30)22(28-24)16-7-2-1-3-8-16;1-2;;/h1-12,15,24,27H,13-14H2,(H,29,31);1-2H3;2*1H/t24-;;;/m0.../s1. The molecule has 6 heteroatoms. The number of hydrogen-bond donors (Lipinski definition) is 2. The maximum atomic E-state index is 13.5. The van der Waals surface area contributed by atoms with Crippen molar-refractivity contribution in [2.75, 3.05) is 11.4 Å². The number of benzene rings is 3. The van der Waals surface area contributed by atoms with Crippen molar-refractivity contribution in [2.24, 2.45) is 4.99 Å². The molecule has 174 valence electrons. The van der Waals surface area contributed by atoms with E-state index in [1.54, 1.807) is 11.0 Å². The molecule has 0 spiro atoms.